The summed E-state index contributed by atoms with van der Waals surface area (Å²) in [4.78, 5) is 8.88. The SMILES string of the molecule is CN=C(NCCCn1c(C)nc2ccccc21)NCCOCc1ccccc1. The van der Waals surface area contributed by atoms with Crippen LogP contribution in [0.15, 0.2) is 59.6 Å². The number of rotatable bonds is 9. The third-order valence-electron chi connectivity index (χ3n) is 4.57. The van der Waals surface area contributed by atoms with Gasteiger partial charge in [-0.05, 0) is 31.0 Å². The van der Waals surface area contributed by atoms with Crippen molar-refractivity contribution in [2.24, 2.45) is 4.99 Å². The van der Waals surface area contributed by atoms with Crippen molar-refractivity contribution in [3.8, 4) is 0 Å². The quantitative estimate of drug-likeness (QED) is 0.341. The summed E-state index contributed by atoms with van der Waals surface area (Å²) in [5.74, 6) is 1.86. The number of ether oxygens (including phenoxy) is 1. The first-order chi connectivity index (χ1) is 13.8. The first-order valence-corrected chi connectivity index (χ1v) is 9.76. The lowest BCUT2D eigenvalue weighted by atomic mass is 10.2. The molecule has 0 radical (unpaired) electrons. The molecule has 0 fully saturated rings. The Labute approximate surface area is 166 Å². The summed E-state index contributed by atoms with van der Waals surface area (Å²) in [7, 11) is 1.79. The molecule has 0 saturated heterocycles. The van der Waals surface area contributed by atoms with Gasteiger partial charge in [0.05, 0.1) is 24.2 Å². The molecular weight excluding hydrogens is 350 g/mol. The van der Waals surface area contributed by atoms with Crippen LogP contribution in [-0.4, -0.2) is 42.3 Å². The average molecular weight is 380 g/mol. The van der Waals surface area contributed by atoms with Crippen LogP contribution in [0.4, 0.5) is 0 Å². The summed E-state index contributed by atoms with van der Waals surface area (Å²) in [5.41, 5.74) is 3.44. The van der Waals surface area contributed by atoms with Gasteiger partial charge in [-0.3, -0.25) is 4.99 Å². The standard InChI is InChI=1S/C22H29N5O/c1-18-26-20-11-6-7-12-21(20)27(18)15-8-13-24-22(23-2)25-14-16-28-17-19-9-4-3-5-10-19/h3-7,9-12H,8,13-17H2,1-2H3,(H2,23,24,25). The molecule has 2 N–H and O–H groups in total. The number of aliphatic imine (C=N–C) groups is 1. The second-order valence-electron chi connectivity index (χ2n) is 6.62. The number of para-hydroxylation sites is 2. The summed E-state index contributed by atoms with van der Waals surface area (Å²) >= 11 is 0. The van der Waals surface area contributed by atoms with Crippen LogP contribution in [-0.2, 0) is 17.9 Å². The minimum atomic E-state index is 0.632. The van der Waals surface area contributed by atoms with Gasteiger partial charge in [0.1, 0.15) is 5.82 Å². The van der Waals surface area contributed by atoms with E-state index in [-0.39, 0.29) is 0 Å². The molecule has 1 heterocycles. The van der Waals surface area contributed by atoms with Crippen molar-refractivity contribution in [1.82, 2.24) is 20.2 Å². The molecule has 0 aliphatic rings. The maximum absolute atomic E-state index is 5.69. The molecule has 3 aromatic rings. The Morgan fingerprint density at radius 2 is 1.79 bits per heavy atom. The third-order valence-corrected chi connectivity index (χ3v) is 4.57. The fourth-order valence-corrected chi connectivity index (χ4v) is 3.15. The van der Waals surface area contributed by atoms with Crippen molar-refractivity contribution in [3.05, 3.63) is 66.0 Å². The molecule has 0 spiro atoms. The molecule has 0 aliphatic heterocycles. The highest BCUT2D eigenvalue weighted by atomic mass is 16.5. The molecule has 0 unspecified atom stereocenters. The van der Waals surface area contributed by atoms with Crippen LogP contribution in [0, 0.1) is 6.92 Å². The molecule has 2 aromatic carbocycles. The maximum atomic E-state index is 5.69. The van der Waals surface area contributed by atoms with Crippen molar-refractivity contribution in [3.63, 3.8) is 0 Å². The lowest BCUT2D eigenvalue weighted by Gasteiger charge is -2.13. The zero-order valence-electron chi connectivity index (χ0n) is 16.7. The molecule has 3 rings (SSSR count). The number of nitrogens with zero attached hydrogens (tertiary/aromatic N) is 3. The van der Waals surface area contributed by atoms with E-state index in [4.69, 9.17) is 4.74 Å². The number of fused-ring (bicyclic) bond motifs is 1. The summed E-state index contributed by atoms with van der Waals surface area (Å²) in [6.07, 6.45) is 0.992. The molecule has 6 nitrogen and oxygen atoms in total. The van der Waals surface area contributed by atoms with Crippen LogP contribution in [0.2, 0.25) is 0 Å². The second-order valence-corrected chi connectivity index (χ2v) is 6.62. The lowest BCUT2D eigenvalue weighted by Crippen LogP contribution is -2.39. The third kappa shape index (κ3) is 5.57. The highest BCUT2D eigenvalue weighted by Crippen LogP contribution is 2.15. The number of hydrogen-bond donors (Lipinski definition) is 2. The smallest absolute Gasteiger partial charge is 0.191 e. The predicted molar refractivity (Wildman–Crippen MR) is 115 cm³/mol. The normalized spacial score (nSPS) is 11.7. The van der Waals surface area contributed by atoms with Gasteiger partial charge in [0.2, 0.25) is 0 Å². The van der Waals surface area contributed by atoms with Gasteiger partial charge in [-0.1, -0.05) is 42.5 Å². The predicted octanol–water partition coefficient (Wildman–Crippen LogP) is 3.12. The molecule has 28 heavy (non-hydrogen) atoms. The molecule has 6 heteroatoms. The maximum Gasteiger partial charge on any atom is 0.191 e. The van der Waals surface area contributed by atoms with Crippen molar-refractivity contribution in [2.45, 2.75) is 26.5 Å². The van der Waals surface area contributed by atoms with E-state index in [1.807, 2.05) is 24.3 Å². The van der Waals surface area contributed by atoms with Crippen LogP contribution < -0.4 is 10.6 Å². The van der Waals surface area contributed by atoms with Crippen molar-refractivity contribution in [2.75, 3.05) is 26.7 Å². The Bertz CT molecular complexity index is 888. The topological polar surface area (TPSA) is 63.5 Å². The van der Waals surface area contributed by atoms with Gasteiger partial charge in [-0.15, -0.1) is 0 Å². The Morgan fingerprint density at radius 1 is 1.04 bits per heavy atom. The van der Waals surface area contributed by atoms with Crippen LogP contribution in [0.1, 0.15) is 17.8 Å². The molecule has 148 valence electrons. The zero-order chi connectivity index (χ0) is 19.6. The Hall–Kier alpha value is -2.86. The van der Waals surface area contributed by atoms with Gasteiger partial charge >= 0.3 is 0 Å². The highest BCUT2D eigenvalue weighted by Gasteiger charge is 2.06. The van der Waals surface area contributed by atoms with E-state index in [0.717, 1.165) is 43.4 Å². The van der Waals surface area contributed by atoms with E-state index in [1.165, 1.54) is 11.1 Å². The number of aromatic nitrogens is 2. The molecular formula is C22H29N5O. The summed E-state index contributed by atoms with van der Waals surface area (Å²) in [6.45, 7) is 5.82. The number of nitrogens with one attached hydrogen (secondary N) is 2. The molecule has 1 aromatic heterocycles. The van der Waals surface area contributed by atoms with Crippen molar-refractivity contribution < 1.29 is 4.74 Å². The van der Waals surface area contributed by atoms with Crippen molar-refractivity contribution >= 4 is 17.0 Å². The average Bonchev–Trinajstić information content (AvgIpc) is 3.05. The molecule has 0 aliphatic carbocycles. The summed E-state index contributed by atoms with van der Waals surface area (Å²) in [6, 6.07) is 18.5. The van der Waals surface area contributed by atoms with Crippen molar-refractivity contribution in [1.29, 1.82) is 0 Å². The number of hydrogen-bond acceptors (Lipinski definition) is 3. The van der Waals surface area contributed by atoms with E-state index < -0.39 is 0 Å². The fourth-order valence-electron chi connectivity index (χ4n) is 3.15. The Kier molecular flexibility index (Phi) is 7.44. The molecule has 0 amide bonds. The van der Waals surface area contributed by atoms with E-state index in [9.17, 15) is 0 Å². The zero-order valence-corrected chi connectivity index (χ0v) is 16.7. The Balaban J connectivity index is 1.33. The van der Waals surface area contributed by atoms with E-state index in [0.29, 0.717) is 13.2 Å². The first-order valence-electron chi connectivity index (χ1n) is 9.76. The molecule has 0 saturated carbocycles. The Morgan fingerprint density at radius 3 is 2.61 bits per heavy atom. The van der Waals surface area contributed by atoms with Gasteiger partial charge in [0.25, 0.3) is 0 Å². The van der Waals surface area contributed by atoms with Gasteiger partial charge in [-0.2, -0.15) is 0 Å². The monoisotopic (exact) mass is 379 g/mol. The number of guanidine groups is 1. The van der Waals surface area contributed by atoms with E-state index in [1.54, 1.807) is 7.05 Å². The lowest BCUT2D eigenvalue weighted by molar-refractivity contribution is 0.125. The first kappa shape index (κ1) is 19.9. The van der Waals surface area contributed by atoms with E-state index in [2.05, 4.69) is 62.4 Å². The minimum absolute atomic E-state index is 0.632. The largest absolute Gasteiger partial charge is 0.375 e. The van der Waals surface area contributed by atoms with Crippen LogP contribution >= 0.6 is 0 Å². The summed E-state index contributed by atoms with van der Waals surface area (Å²) < 4.78 is 7.96. The van der Waals surface area contributed by atoms with Gasteiger partial charge in [0.15, 0.2) is 5.96 Å². The van der Waals surface area contributed by atoms with Gasteiger partial charge in [0, 0.05) is 26.7 Å². The van der Waals surface area contributed by atoms with Crippen LogP contribution in [0.3, 0.4) is 0 Å². The number of imidazole rings is 1. The minimum Gasteiger partial charge on any atom is -0.375 e. The van der Waals surface area contributed by atoms with Gasteiger partial charge < -0.3 is 19.9 Å². The fraction of sp³-hybridized carbons (Fsp3) is 0.364. The number of benzene rings is 2. The molecule has 0 bridgehead atoms. The number of aryl methyl sites for hydroxylation is 2. The van der Waals surface area contributed by atoms with E-state index >= 15 is 0 Å². The second kappa shape index (κ2) is 10.5. The molecule has 0 atom stereocenters. The van der Waals surface area contributed by atoms with Crippen LogP contribution in [0.5, 0.6) is 0 Å². The highest BCUT2D eigenvalue weighted by molar-refractivity contribution is 5.79. The van der Waals surface area contributed by atoms with Gasteiger partial charge in [-0.25, -0.2) is 4.98 Å². The summed E-state index contributed by atoms with van der Waals surface area (Å²) in [5, 5.41) is 6.64. The van der Waals surface area contributed by atoms with Crippen LogP contribution in [0.25, 0.3) is 11.0 Å².